The molecular formula is C15H22N2O2. The molecule has 3 unspecified atom stereocenters. The fourth-order valence-electron chi connectivity index (χ4n) is 2.70. The van der Waals surface area contributed by atoms with E-state index in [-0.39, 0.29) is 29.7 Å². The molecule has 4 nitrogen and oxygen atoms in total. The van der Waals surface area contributed by atoms with Gasteiger partial charge in [-0.15, -0.1) is 0 Å². The zero-order chi connectivity index (χ0) is 14.0. The molecule has 1 heterocycles. The van der Waals surface area contributed by atoms with Crippen molar-refractivity contribution in [2.24, 2.45) is 5.92 Å². The van der Waals surface area contributed by atoms with Gasteiger partial charge in [0.15, 0.2) is 0 Å². The van der Waals surface area contributed by atoms with Crippen LogP contribution in [0.15, 0.2) is 24.3 Å². The van der Waals surface area contributed by atoms with Crippen LogP contribution in [0.4, 0.5) is 0 Å². The van der Waals surface area contributed by atoms with Gasteiger partial charge in [0.1, 0.15) is 5.75 Å². The number of amides is 1. The molecule has 2 N–H and O–H groups in total. The lowest BCUT2D eigenvalue weighted by atomic mass is 9.98. The third-order valence-corrected chi connectivity index (χ3v) is 4.16. The summed E-state index contributed by atoms with van der Waals surface area (Å²) >= 11 is 0. The molecule has 104 valence electrons. The first kappa shape index (κ1) is 13.9. The fraction of sp³-hybridized carbons (Fsp3) is 0.533. The van der Waals surface area contributed by atoms with E-state index in [1.807, 2.05) is 33.0 Å². The average molecular weight is 262 g/mol. The van der Waals surface area contributed by atoms with Crippen molar-refractivity contribution in [2.75, 3.05) is 13.6 Å². The maximum atomic E-state index is 12.5. The molecule has 0 radical (unpaired) electrons. The van der Waals surface area contributed by atoms with Crippen LogP contribution >= 0.6 is 0 Å². The number of para-hydroxylation sites is 1. The van der Waals surface area contributed by atoms with Crippen LogP contribution in [-0.2, 0) is 4.79 Å². The number of benzene rings is 1. The molecule has 4 heteroatoms. The third-order valence-electron chi connectivity index (χ3n) is 4.16. The second-order valence-corrected chi connectivity index (χ2v) is 5.32. The molecule has 1 fully saturated rings. The number of nitrogens with zero attached hydrogens (tertiary/aromatic N) is 1. The highest BCUT2D eigenvalue weighted by molar-refractivity contribution is 5.80. The van der Waals surface area contributed by atoms with Crippen LogP contribution < -0.4 is 5.32 Å². The summed E-state index contributed by atoms with van der Waals surface area (Å²) < 4.78 is 0. The largest absolute Gasteiger partial charge is 0.508 e. The van der Waals surface area contributed by atoms with Gasteiger partial charge in [-0.3, -0.25) is 4.79 Å². The standard InChI is InChI=1S/C15H22N2O2/c1-10-12(8-9-16-10)15(19)17(3)11(2)13-6-4-5-7-14(13)18/h4-7,10-12,16,18H,8-9H2,1-3H3. The van der Waals surface area contributed by atoms with Gasteiger partial charge < -0.3 is 15.3 Å². The van der Waals surface area contributed by atoms with Crippen LogP contribution in [0.25, 0.3) is 0 Å². The van der Waals surface area contributed by atoms with E-state index in [2.05, 4.69) is 5.32 Å². The van der Waals surface area contributed by atoms with Gasteiger partial charge in [-0.25, -0.2) is 0 Å². The third kappa shape index (κ3) is 2.73. The van der Waals surface area contributed by atoms with Crippen LogP contribution in [0.5, 0.6) is 5.75 Å². The number of phenols is 1. The van der Waals surface area contributed by atoms with E-state index in [0.717, 1.165) is 18.5 Å². The molecule has 0 aromatic heterocycles. The van der Waals surface area contributed by atoms with Crippen LogP contribution in [0.2, 0.25) is 0 Å². The van der Waals surface area contributed by atoms with E-state index in [1.54, 1.807) is 17.0 Å². The molecule has 0 aliphatic carbocycles. The van der Waals surface area contributed by atoms with Crippen molar-refractivity contribution in [3.63, 3.8) is 0 Å². The van der Waals surface area contributed by atoms with E-state index in [4.69, 9.17) is 0 Å². The van der Waals surface area contributed by atoms with Gasteiger partial charge in [0.05, 0.1) is 12.0 Å². The fourth-order valence-corrected chi connectivity index (χ4v) is 2.70. The lowest BCUT2D eigenvalue weighted by molar-refractivity contribution is -0.136. The number of carbonyl (C=O) groups is 1. The summed E-state index contributed by atoms with van der Waals surface area (Å²) in [5.41, 5.74) is 0.789. The van der Waals surface area contributed by atoms with Gasteiger partial charge >= 0.3 is 0 Å². The highest BCUT2D eigenvalue weighted by atomic mass is 16.3. The van der Waals surface area contributed by atoms with Gasteiger partial charge in [0.2, 0.25) is 5.91 Å². The molecule has 1 saturated heterocycles. The van der Waals surface area contributed by atoms with Crippen molar-refractivity contribution in [2.45, 2.75) is 32.4 Å². The van der Waals surface area contributed by atoms with E-state index in [1.165, 1.54) is 0 Å². The first-order chi connectivity index (χ1) is 9.02. The first-order valence-electron chi connectivity index (χ1n) is 6.80. The molecule has 1 aromatic rings. The van der Waals surface area contributed by atoms with E-state index < -0.39 is 0 Å². The monoisotopic (exact) mass is 262 g/mol. The zero-order valence-electron chi connectivity index (χ0n) is 11.8. The summed E-state index contributed by atoms with van der Waals surface area (Å²) in [6.45, 7) is 4.89. The highest BCUT2D eigenvalue weighted by Gasteiger charge is 2.33. The number of carbonyl (C=O) groups excluding carboxylic acids is 1. The molecule has 0 bridgehead atoms. The van der Waals surface area contributed by atoms with E-state index in [0.29, 0.717) is 0 Å². The van der Waals surface area contributed by atoms with Crippen LogP contribution in [0, 0.1) is 5.92 Å². The lowest BCUT2D eigenvalue weighted by Gasteiger charge is -2.29. The van der Waals surface area contributed by atoms with Gasteiger partial charge in [0.25, 0.3) is 0 Å². The Kier molecular flexibility index (Phi) is 4.10. The summed E-state index contributed by atoms with van der Waals surface area (Å²) in [6, 6.07) is 7.29. The number of aromatic hydroxyl groups is 1. The SMILES string of the molecule is CC1NCCC1C(=O)N(C)C(C)c1ccccc1O. The lowest BCUT2D eigenvalue weighted by Crippen LogP contribution is -2.39. The Bertz CT molecular complexity index is 461. The van der Waals surface area contributed by atoms with Gasteiger partial charge in [-0.2, -0.15) is 0 Å². The van der Waals surface area contributed by atoms with Crippen molar-refractivity contribution in [1.82, 2.24) is 10.2 Å². The Morgan fingerprint density at radius 2 is 2.16 bits per heavy atom. The average Bonchev–Trinajstić information content (AvgIpc) is 2.83. The topological polar surface area (TPSA) is 52.6 Å². The Morgan fingerprint density at radius 3 is 2.74 bits per heavy atom. The summed E-state index contributed by atoms with van der Waals surface area (Å²) in [4.78, 5) is 14.2. The van der Waals surface area contributed by atoms with Crippen molar-refractivity contribution < 1.29 is 9.90 Å². The van der Waals surface area contributed by atoms with Crippen LogP contribution in [0.1, 0.15) is 31.9 Å². The highest BCUT2D eigenvalue weighted by Crippen LogP contribution is 2.29. The minimum Gasteiger partial charge on any atom is -0.508 e. The molecule has 1 aromatic carbocycles. The predicted octanol–water partition coefficient (Wildman–Crippen LogP) is 1.91. The quantitative estimate of drug-likeness (QED) is 0.875. The number of hydrogen-bond donors (Lipinski definition) is 2. The Labute approximate surface area is 114 Å². The van der Waals surface area contributed by atoms with Gasteiger partial charge in [-0.05, 0) is 32.9 Å². The first-order valence-corrected chi connectivity index (χ1v) is 6.80. The molecular weight excluding hydrogens is 240 g/mol. The second kappa shape index (κ2) is 5.61. The van der Waals surface area contributed by atoms with E-state index in [9.17, 15) is 9.90 Å². The maximum Gasteiger partial charge on any atom is 0.227 e. The maximum absolute atomic E-state index is 12.5. The second-order valence-electron chi connectivity index (χ2n) is 5.32. The molecule has 1 amide bonds. The molecule has 0 spiro atoms. The number of phenolic OH excluding ortho intramolecular Hbond substituents is 1. The molecule has 0 saturated carbocycles. The zero-order valence-corrected chi connectivity index (χ0v) is 11.8. The summed E-state index contributed by atoms with van der Waals surface area (Å²) in [5.74, 6) is 0.429. The number of rotatable bonds is 3. The van der Waals surface area contributed by atoms with Crippen LogP contribution in [0.3, 0.4) is 0 Å². The normalized spacial score (nSPS) is 24.2. The minimum absolute atomic E-state index is 0.0401. The summed E-state index contributed by atoms with van der Waals surface area (Å²) in [6.07, 6.45) is 0.887. The van der Waals surface area contributed by atoms with Crippen LogP contribution in [-0.4, -0.2) is 35.5 Å². The molecule has 3 atom stereocenters. The Morgan fingerprint density at radius 1 is 1.47 bits per heavy atom. The van der Waals surface area contributed by atoms with Crippen molar-refractivity contribution in [3.05, 3.63) is 29.8 Å². The van der Waals surface area contributed by atoms with E-state index >= 15 is 0 Å². The van der Waals surface area contributed by atoms with Crippen molar-refractivity contribution >= 4 is 5.91 Å². The summed E-state index contributed by atoms with van der Waals surface area (Å²) in [5, 5.41) is 13.2. The Hall–Kier alpha value is -1.55. The van der Waals surface area contributed by atoms with Crippen molar-refractivity contribution in [1.29, 1.82) is 0 Å². The van der Waals surface area contributed by atoms with Crippen molar-refractivity contribution in [3.8, 4) is 5.75 Å². The number of hydrogen-bond acceptors (Lipinski definition) is 3. The van der Waals surface area contributed by atoms with Gasteiger partial charge in [-0.1, -0.05) is 18.2 Å². The molecule has 2 rings (SSSR count). The smallest absolute Gasteiger partial charge is 0.227 e. The predicted molar refractivity (Wildman–Crippen MR) is 74.9 cm³/mol. The molecule has 1 aliphatic heterocycles. The van der Waals surface area contributed by atoms with Gasteiger partial charge in [0, 0.05) is 18.7 Å². The molecule has 1 aliphatic rings. The Balaban J connectivity index is 2.13. The molecule has 19 heavy (non-hydrogen) atoms. The number of nitrogens with one attached hydrogen (secondary N) is 1. The minimum atomic E-state index is -0.124. The summed E-state index contributed by atoms with van der Waals surface area (Å²) in [7, 11) is 1.81.